The number of nitrogens with zero attached hydrogens (tertiary/aromatic N) is 3. The predicted octanol–water partition coefficient (Wildman–Crippen LogP) is 0.558. The Balaban J connectivity index is 0.000000647. The van der Waals surface area contributed by atoms with Gasteiger partial charge in [0.05, 0.1) is 24.9 Å². The highest BCUT2D eigenvalue weighted by Gasteiger charge is 2.10. The number of aryl methyl sites for hydroxylation is 1. The number of hydrogen-bond acceptors (Lipinski definition) is 5. The van der Waals surface area contributed by atoms with Crippen LogP contribution in [0.15, 0.2) is 24.4 Å². The van der Waals surface area contributed by atoms with Crippen LogP contribution in [0.5, 0.6) is 0 Å². The van der Waals surface area contributed by atoms with Gasteiger partial charge in [-0.2, -0.15) is 5.10 Å². The maximum Gasteiger partial charge on any atom is 0.290 e. The summed E-state index contributed by atoms with van der Waals surface area (Å²) in [6.45, 7) is 5.29. The molecule has 0 bridgehead atoms. The molecule has 2 heterocycles. The number of primary amides is 1. The van der Waals surface area contributed by atoms with E-state index in [1.807, 2.05) is 23.0 Å². The van der Waals surface area contributed by atoms with Crippen molar-refractivity contribution in [2.45, 2.75) is 13.0 Å². The van der Waals surface area contributed by atoms with Crippen molar-refractivity contribution in [1.29, 1.82) is 0 Å². The van der Waals surface area contributed by atoms with E-state index in [4.69, 9.17) is 20.4 Å². The van der Waals surface area contributed by atoms with Gasteiger partial charge in [-0.15, -0.1) is 0 Å². The Morgan fingerprint density at radius 3 is 2.71 bits per heavy atom. The molecule has 1 aliphatic heterocycles. The van der Waals surface area contributed by atoms with E-state index in [1.54, 1.807) is 6.07 Å². The number of ether oxygens (including phenoxy) is 1. The second-order valence-electron chi connectivity index (χ2n) is 5.42. The number of amides is 1. The fourth-order valence-electron chi connectivity index (χ4n) is 2.67. The highest BCUT2D eigenvalue weighted by molar-refractivity contribution is 5.96. The summed E-state index contributed by atoms with van der Waals surface area (Å²) in [6.07, 6.45) is 2.85. The summed E-state index contributed by atoms with van der Waals surface area (Å²) in [4.78, 5) is 22.0. The maximum absolute atomic E-state index is 11.3. The summed E-state index contributed by atoms with van der Waals surface area (Å²) in [7, 11) is 0. The van der Waals surface area contributed by atoms with Gasteiger partial charge in [-0.25, -0.2) is 0 Å². The zero-order valence-electron chi connectivity index (χ0n) is 13.4. The molecule has 1 saturated heterocycles. The second kappa shape index (κ2) is 8.99. The molecule has 8 heteroatoms. The van der Waals surface area contributed by atoms with E-state index in [-0.39, 0.29) is 6.47 Å². The minimum Gasteiger partial charge on any atom is -0.483 e. The lowest BCUT2D eigenvalue weighted by molar-refractivity contribution is -0.122. The fraction of sp³-hybridized carbons (Fsp3) is 0.438. The average Bonchev–Trinajstić information content (AvgIpc) is 2.99. The third-order valence-electron chi connectivity index (χ3n) is 3.88. The molecule has 1 fully saturated rings. The predicted molar refractivity (Wildman–Crippen MR) is 88.8 cm³/mol. The van der Waals surface area contributed by atoms with Crippen LogP contribution >= 0.6 is 0 Å². The molecule has 1 amide bonds. The smallest absolute Gasteiger partial charge is 0.290 e. The first-order valence-electron chi connectivity index (χ1n) is 7.79. The Morgan fingerprint density at radius 1 is 1.33 bits per heavy atom. The van der Waals surface area contributed by atoms with Crippen molar-refractivity contribution in [2.75, 3.05) is 32.8 Å². The quantitative estimate of drug-likeness (QED) is 0.773. The number of carbonyl (C=O) groups is 2. The lowest BCUT2D eigenvalue weighted by Gasteiger charge is -2.26. The van der Waals surface area contributed by atoms with Gasteiger partial charge in [0, 0.05) is 37.1 Å². The number of rotatable bonds is 5. The molecular weight excluding hydrogens is 312 g/mol. The topological polar surface area (TPSA) is 111 Å². The van der Waals surface area contributed by atoms with Crippen LogP contribution in [-0.4, -0.2) is 65.0 Å². The summed E-state index contributed by atoms with van der Waals surface area (Å²) < 4.78 is 7.29. The normalized spacial score (nSPS) is 14.8. The Bertz CT molecular complexity index is 680. The van der Waals surface area contributed by atoms with Crippen LogP contribution in [-0.2, 0) is 16.1 Å². The van der Waals surface area contributed by atoms with Crippen molar-refractivity contribution in [2.24, 2.45) is 5.73 Å². The van der Waals surface area contributed by atoms with Gasteiger partial charge in [-0.05, 0) is 18.6 Å². The van der Waals surface area contributed by atoms with Crippen LogP contribution < -0.4 is 5.73 Å². The molecule has 24 heavy (non-hydrogen) atoms. The van der Waals surface area contributed by atoms with Crippen molar-refractivity contribution >= 4 is 23.3 Å². The highest BCUT2D eigenvalue weighted by atomic mass is 16.5. The molecule has 8 nitrogen and oxygen atoms in total. The Morgan fingerprint density at radius 2 is 2.04 bits per heavy atom. The lowest BCUT2D eigenvalue weighted by atomic mass is 10.1. The zero-order chi connectivity index (χ0) is 17.4. The molecule has 0 saturated carbocycles. The van der Waals surface area contributed by atoms with E-state index < -0.39 is 5.91 Å². The molecule has 3 N–H and O–H groups in total. The van der Waals surface area contributed by atoms with E-state index >= 15 is 0 Å². The first kappa shape index (κ1) is 17.9. The van der Waals surface area contributed by atoms with Gasteiger partial charge in [0.15, 0.2) is 0 Å². The molecule has 3 rings (SSSR count). The molecule has 130 valence electrons. The maximum atomic E-state index is 11.3. The Kier molecular flexibility index (Phi) is 6.71. The van der Waals surface area contributed by atoms with Crippen molar-refractivity contribution in [1.82, 2.24) is 14.7 Å². The van der Waals surface area contributed by atoms with Crippen LogP contribution in [0.25, 0.3) is 10.9 Å². The Labute approximate surface area is 139 Å². The highest BCUT2D eigenvalue weighted by Crippen LogP contribution is 2.16. The molecule has 2 aromatic rings. The van der Waals surface area contributed by atoms with Crippen molar-refractivity contribution in [3.63, 3.8) is 0 Å². The van der Waals surface area contributed by atoms with Crippen LogP contribution in [0.4, 0.5) is 0 Å². The molecule has 1 aliphatic rings. The van der Waals surface area contributed by atoms with Crippen LogP contribution in [0.1, 0.15) is 16.8 Å². The number of morpholine rings is 1. The third kappa shape index (κ3) is 4.77. The summed E-state index contributed by atoms with van der Waals surface area (Å²) in [6, 6.07) is 5.45. The fourth-order valence-corrected chi connectivity index (χ4v) is 2.67. The number of carbonyl (C=O) groups excluding carboxylic acids is 1. The SMILES string of the molecule is NC(=O)c1ccc2cnn(CCCN3CCOCC3)c2c1.O=CO. The largest absolute Gasteiger partial charge is 0.483 e. The second-order valence-corrected chi connectivity index (χ2v) is 5.42. The van der Waals surface area contributed by atoms with Crippen molar-refractivity contribution in [3.8, 4) is 0 Å². The summed E-state index contributed by atoms with van der Waals surface area (Å²) in [5.41, 5.74) is 6.83. The molecular formula is C16H22N4O4. The minimum absolute atomic E-state index is 0.250. The van der Waals surface area contributed by atoms with Gasteiger partial charge in [0.1, 0.15) is 0 Å². The number of hydrogen-bond donors (Lipinski definition) is 2. The summed E-state index contributed by atoms with van der Waals surface area (Å²) in [5.74, 6) is -0.405. The number of aromatic nitrogens is 2. The molecule has 0 radical (unpaired) electrons. The van der Waals surface area contributed by atoms with Gasteiger partial charge in [0.2, 0.25) is 5.91 Å². The van der Waals surface area contributed by atoms with Crippen molar-refractivity contribution < 1.29 is 19.4 Å². The zero-order valence-corrected chi connectivity index (χ0v) is 13.4. The molecule has 0 atom stereocenters. The van der Waals surface area contributed by atoms with Crippen LogP contribution in [0, 0.1) is 0 Å². The van der Waals surface area contributed by atoms with E-state index in [9.17, 15) is 4.79 Å². The molecule has 0 aliphatic carbocycles. The van der Waals surface area contributed by atoms with Gasteiger partial charge in [-0.1, -0.05) is 6.07 Å². The van der Waals surface area contributed by atoms with Gasteiger partial charge in [0.25, 0.3) is 6.47 Å². The summed E-state index contributed by atoms with van der Waals surface area (Å²) in [5, 5.41) is 12.3. The average molecular weight is 334 g/mol. The molecule has 0 unspecified atom stereocenters. The van der Waals surface area contributed by atoms with E-state index in [2.05, 4.69) is 10.00 Å². The number of benzene rings is 1. The Hall–Kier alpha value is -2.45. The first-order valence-corrected chi connectivity index (χ1v) is 7.79. The van der Waals surface area contributed by atoms with Gasteiger partial charge in [-0.3, -0.25) is 19.2 Å². The third-order valence-corrected chi connectivity index (χ3v) is 3.88. The summed E-state index contributed by atoms with van der Waals surface area (Å²) >= 11 is 0. The van der Waals surface area contributed by atoms with Crippen molar-refractivity contribution in [3.05, 3.63) is 30.0 Å². The van der Waals surface area contributed by atoms with E-state index in [0.717, 1.165) is 56.7 Å². The number of fused-ring (bicyclic) bond motifs is 1. The number of carboxylic acid groups (broad SMARTS) is 1. The standard InChI is InChI=1S/C15H20N4O2.CH2O2/c16-15(20)12-2-3-13-11-17-19(14(13)10-12)5-1-4-18-6-8-21-9-7-18;2-1-3/h2-3,10-11H,1,4-9H2,(H2,16,20);1H,(H,2,3). The lowest BCUT2D eigenvalue weighted by Crippen LogP contribution is -2.37. The molecule has 1 aromatic carbocycles. The van der Waals surface area contributed by atoms with E-state index in [0.29, 0.717) is 5.56 Å². The van der Waals surface area contributed by atoms with Crippen LogP contribution in [0.3, 0.4) is 0 Å². The minimum atomic E-state index is -0.405. The van der Waals surface area contributed by atoms with E-state index in [1.165, 1.54) is 0 Å². The number of nitrogens with two attached hydrogens (primary N) is 1. The monoisotopic (exact) mass is 334 g/mol. The van der Waals surface area contributed by atoms with Gasteiger partial charge >= 0.3 is 0 Å². The van der Waals surface area contributed by atoms with Crippen LogP contribution in [0.2, 0.25) is 0 Å². The first-order chi connectivity index (χ1) is 11.7. The molecule has 1 aromatic heterocycles. The molecule has 0 spiro atoms. The van der Waals surface area contributed by atoms with Gasteiger partial charge < -0.3 is 15.6 Å².